The van der Waals surface area contributed by atoms with Crippen LogP contribution in [0.25, 0.3) is 0 Å². The van der Waals surface area contributed by atoms with E-state index in [-0.39, 0.29) is 5.41 Å². The summed E-state index contributed by atoms with van der Waals surface area (Å²) in [7, 11) is 4.13. The molecular formula is C13H30N2. The van der Waals surface area contributed by atoms with Crippen molar-refractivity contribution in [3.63, 3.8) is 0 Å². The Kier molecular flexibility index (Phi) is 5.28. The summed E-state index contributed by atoms with van der Waals surface area (Å²) in [5.74, 6) is 0. The second-order valence-corrected chi connectivity index (χ2v) is 6.24. The van der Waals surface area contributed by atoms with Crippen LogP contribution in [0, 0.1) is 10.8 Å². The quantitative estimate of drug-likeness (QED) is 0.735. The Hall–Kier alpha value is -0.0800. The van der Waals surface area contributed by atoms with Crippen LogP contribution in [0.5, 0.6) is 0 Å². The Bertz CT molecular complexity index is 179. The van der Waals surface area contributed by atoms with Gasteiger partial charge in [0.15, 0.2) is 0 Å². The van der Waals surface area contributed by atoms with Crippen molar-refractivity contribution in [2.45, 2.75) is 60.0 Å². The van der Waals surface area contributed by atoms with Gasteiger partial charge in [-0.3, -0.25) is 0 Å². The third-order valence-corrected chi connectivity index (χ3v) is 3.64. The topological polar surface area (TPSA) is 24.1 Å². The highest BCUT2D eigenvalue weighted by molar-refractivity contribution is 4.96. The van der Waals surface area contributed by atoms with Gasteiger partial charge < -0.3 is 10.6 Å². The minimum Gasteiger partial charge on any atom is -0.315 e. The van der Waals surface area contributed by atoms with Crippen molar-refractivity contribution in [2.24, 2.45) is 10.8 Å². The average molecular weight is 214 g/mol. The van der Waals surface area contributed by atoms with E-state index in [9.17, 15) is 0 Å². The van der Waals surface area contributed by atoms with Crippen molar-refractivity contribution in [1.29, 1.82) is 0 Å². The van der Waals surface area contributed by atoms with Crippen LogP contribution in [-0.4, -0.2) is 26.2 Å². The Morgan fingerprint density at radius 1 is 0.867 bits per heavy atom. The molecule has 0 fully saturated rings. The summed E-state index contributed by atoms with van der Waals surface area (Å²) < 4.78 is 0. The Morgan fingerprint density at radius 2 is 1.27 bits per heavy atom. The first-order chi connectivity index (χ1) is 6.70. The van der Waals surface area contributed by atoms with Gasteiger partial charge in [0.05, 0.1) is 0 Å². The molecule has 0 heterocycles. The van der Waals surface area contributed by atoms with E-state index in [1.807, 2.05) is 0 Å². The second-order valence-electron chi connectivity index (χ2n) is 6.24. The summed E-state index contributed by atoms with van der Waals surface area (Å²) in [6.07, 6.45) is 1.19. The predicted molar refractivity (Wildman–Crippen MR) is 69.2 cm³/mol. The van der Waals surface area contributed by atoms with Gasteiger partial charge in [-0.15, -0.1) is 0 Å². The van der Waals surface area contributed by atoms with Crippen LogP contribution in [0.1, 0.15) is 48.0 Å². The van der Waals surface area contributed by atoms with Crippen LogP contribution < -0.4 is 10.6 Å². The molecule has 0 radical (unpaired) electrons. The lowest BCUT2D eigenvalue weighted by Crippen LogP contribution is -2.58. The van der Waals surface area contributed by atoms with E-state index in [2.05, 4.69) is 66.3 Å². The van der Waals surface area contributed by atoms with Gasteiger partial charge in [-0.25, -0.2) is 0 Å². The first-order valence-electron chi connectivity index (χ1n) is 6.05. The first kappa shape index (κ1) is 14.9. The fourth-order valence-electron chi connectivity index (χ4n) is 2.33. The molecule has 0 aliphatic rings. The largest absolute Gasteiger partial charge is 0.315 e. The van der Waals surface area contributed by atoms with Crippen molar-refractivity contribution in [3.8, 4) is 0 Å². The van der Waals surface area contributed by atoms with Crippen LogP contribution in [0.3, 0.4) is 0 Å². The van der Waals surface area contributed by atoms with Gasteiger partial charge >= 0.3 is 0 Å². The summed E-state index contributed by atoms with van der Waals surface area (Å²) in [5.41, 5.74) is 0.588. The zero-order valence-corrected chi connectivity index (χ0v) is 11.9. The maximum atomic E-state index is 3.49. The summed E-state index contributed by atoms with van der Waals surface area (Å²) >= 11 is 0. The SMILES string of the molecule is CCC(C)(C)C(NC)C(NC)C(C)(C)C. The highest BCUT2D eigenvalue weighted by Gasteiger charge is 2.38. The van der Waals surface area contributed by atoms with Gasteiger partial charge in [-0.1, -0.05) is 41.5 Å². The number of hydrogen-bond acceptors (Lipinski definition) is 2. The molecule has 2 unspecified atom stereocenters. The molecular weight excluding hydrogens is 184 g/mol. The van der Waals surface area contributed by atoms with Crippen molar-refractivity contribution >= 4 is 0 Å². The van der Waals surface area contributed by atoms with Gasteiger partial charge in [0, 0.05) is 12.1 Å². The van der Waals surface area contributed by atoms with Crippen molar-refractivity contribution in [2.75, 3.05) is 14.1 Å². The molecule has 0 bridgehead atoms. The van der Waals surface area contributed by atoms with Crippen LogP contribution >= 0.6 is 0 Å². The maximum Gasteiger partial charge on any atom is 0.0274 e. The first-order valence-corrected chi connectivity index (χ1v) is 6.05. The van der Waals surface area contributed by atoms with E-state index in [1.54, 1.807) is 0 Å². The summed E-state index contributed by atoms with van der Waals surface area (Å²) in [4.78, 5) is 0. The third kappa shape index (κ3) is 3.76. The molecule has 0 aromatic heterocycles. The lowest BCUT2D eigenvalue weighted by Gasteiger charge is -2.44. The minimum absolute atomic E-state index is 0.273. The van der Waals surface area contributed by atoms with Crippen molar-refractivity contribution in [3.05, 3.63) is 0 Å². The molecule has 92 valence electrons. The molecule has 0 saturated carbocycles. The summed E-state index contributed by atoms with van der Waals surface area (Å²) in [5, 5.41) is 6.96. The number of hydrogen-bond donors (Lipinski definition) is 2. The normalized spacial score (nSPS) is 17.6. The molecule has 0 aromatic rings. The minimum atomic E-state index is 0.273. The lowest BCUT2D eigenvalue weighted by molar-refractivity contribution is 0.128. The molecule has 15 heavy (non-hydrogen) atoms. The van der Waals surface area contributed by atoms with E-state index in [1.165, 1.54) is 6.42 Å². The van der Waals surface area contributed by atoms with Crippen LogP contribution in [0.2, 0.25) is 0 Å². The Balaban J connectivity index is 4.93. The van der Waals surface area contributed by atoms with Gasteiger partial charge in [-0.05, 0) is 31.3 Å². The second kappa shape index (κ2) is 5.31. The molecule has 0 saturated heterocycles. The molecule has 2 N–H and O–H groups in total. The fraction of sp³-hybridized carbons (Fsp3) is 1.00. The van der Waals surface area contributed by atoms with Gasteiger partial charge in [0.2, 0.25) is 0 Å². The van der Waals surface area contributed by atoms with E-state index in [4.69, 9.17) is 0 Å². The monoisotopic (exact) mass is 214 g/mol. The smallest absolute Gasteiger partial charge is 0.0274 e. The molecule has 0 amide bonds. The lowest BCUT2D eigenvalue weighted by atomic mass is 9.70. The van der Waals surface area contributed by atoms with E-state index >= 15 is 0 Å². The van der Waals surface area contributed by atoms with E-state index in [0.29, 0.717) is 17.5 Å². The molecule has 0 aromatic carbocycles. The third-order valence-electron chi connectivity index (χ3n) is 3.64. The standard InChI is InChI=1S/C13H30N2/c1-9-13(5,6)11(15-8)10(14-7)12(2,3)4/h10-11,14-15H,9H2,1-8H3. The maximum absolute atomic E-state index is 3.49. The Labute approximate surface area is 96.2 Å². The van der Waals surface area contributed by atoms with Crippen LogP contribution in [-0.2, 0) is 0 Å². The van der Waals surface area contributed by atoms with E-state index < -0.39 is 0 Å². The molecule has 2 nitrogen and oxygen atoms in total. The number of nitrogens with one attached hydrogen (secondary N) is 2. The van der Waals surface area contributed by atoms with E-state index in [0.717, 1.165) is 0 Å². The van der Waals surface area contributed by atoms with Crippen molar-refractivity contribution in [1.82, 2.24) is 10.6 Å². The summed E-state index contributed by atoms with van der Waals surface area (Å²) in [6, 6.07) is 0.977. The highest BCUT2D eigenvalue weighted by Crippen LogP contribution is 2.33. The summed E-state index contributed by atoms with van der Waals surface area (Å²) in [6.45, 7) is 13.8. The highest BCUT2D eigenvalue weighted by atomic mass is 15.0. The van der Waals surface area contributed by atoms with Gasteiger partial charge in [-0.2, -0.15) is 0 Å². The molecule has 0 aliphatic carbocycles. The number of rotatable bonds is 5. The molecule has 0 spiro atoms. The van der Waals surface area contributed by atoms with Crippen molar-refractivity contribution < 1.29 is 0 Å². The fourth-order valence-corrected chi connectivity index (χ4v) is 2.33. The average Bonchev–Trinajstić information content (AvgIpc) is 2.11. The molecule has 0 rings (SSSR count). The van der Waals surface area contributed by atoms with Crippen LogP contribution in [0.4, 0.5) is 0 Å². The van der Waals surface area contributed by atoms with Crippen LogP contribution in [0.15, 0.2) is 0 Å². The Morgan fingerprint density at radius 3 is 1.47 bits per heavy atom. The van der Waals surface area contributed by atoms with Gasteiger partial charge in [0.1, 0.15) is 0 Å². The van der Waals surface area contributed by atoms with Gasteiger partial charge in [0.25, 0.3) is 0 Å². The zero-order valence-electron chi connectivity index (χ0n) is 11.9. The molecule has 0 aliphatic heterocycles. The molecule has 2 atom stereocenters. The number of likely N-dealkylation sites (N-methyl/N-ethyl adjacent to an activating group) is 2. The molecule has 2 heteroatoms. The predicted octanol–water partition coefficient (Wildman–Crippen LogP) is 2.64. The zero-order chi connectivity index (χ0) is 12.3.